The van der Waals surface area contributed by atoms with Crippen molar-refractivity contribution in [2.24, 2.45) is 0 Å². The van der Waals surface area contributed by atoms with E-state index in [0.717, 1.165) is 35.6 Å². The summed E-state index contributed by atoms with van der Waals surface area (Å²) in [7, 11) is 0. The summed E-state index contributed by atoms with van der Waals surface area (Å²) in [5.41, 5.74) is -1.13. The first kappa shape index (κ1) is 21.9. The molecule has 1 saturated heterocycles. The number of nitrogens with one attached hydrogen (secondary N) is 1. The minimum absolute atomic E-state index is 0.0960. The number of allylic oxidation sites excluding steroid dienone is 2. The predicted octanol–water partition coefficient (Wildman–Crippen LogP) is 4.71. The molecule has 2 unspecified atom stereocenters. The van der Waals surface area contributed by atoms with E-state index in [4.69, 9.17) is 0 Å². The number of rotatable bonds is 3. The molecule has 3 nitrogen and oxygen atoms in total. The average molecular weight is 571 g/mol. The number of imide groups is 1. The Bertz CT molecular complexity index is 1210. The van der Waals surface area contributed by atoms with Crippen LogP contribution in [-0.2, 0) is 23.6 Å². The first-order valence-electron chi connectivity index (χ1n) is 9.58. The average Bonchev–Trinajstić information content (AvgIpc) is 3.31. The molecule has 0 saturated carbocycles. The van der Waals surface area contributed by atoms with Gasteiger partial charge in [0.25, 0.3) is 0 Å². The van der Waals surface area contributed by atoms with Crippen LogP contribution in [-0.4, -0.2) is 37.8 Å². The molecular formula is C21H12F6InNO2S. The monoisotopic (exact) mass is 571 g/mol. The molecule has 2 aromatic carbocycles. The van der Waals surface area contributed by atoms with Crippen LogP contribution in [0.5, 0.6) is 0 Å². The molecule has 2 atom stereocenters. The number of thioether (sulfide) groups is 1. The second kappa shape index (κ2) is 7.31. The van der Waals surface area contributed by atoms with E-state index in [-0.39, 0.29) is 27.6 Å². The summed E-state index contributed by atoms with van der Waals surface area (Å²) < 4.78 is 81.6. The molecule has 2 amide bonds. The van der Waals surface area contributed by atoms with E-state index in [2.05, 4.69) is 5.32 Å². The fourth-order valence-electron chi connectivity index (χ4n) is 4.93. The SMILES string of the molecule is O=C1NC(=O)C([CH]2C3=[C](Cc4ccc(C(F)(F)F)cc4C(F)(F)F)[In]2[c]2ccccc23)S1. The molecule has 1 N–H and O–H groups in total. The van der Waals surface area contributed by atoms with Crippen molar-refractivity contribution >= 4 is 53.2 Å². The third kappa shape index (κ3) is 3.39. The molecule has 0 aliphatic carbocycles. The molecule has 0 aromatic heterocycles. The van der Waals surface area contributed by atoms with Gasteiger partial charge in [0.15, 0.2) is 0 Å². The maximum absolute atomic E-state index is 13.6. The van der Waals surface area contributed by atoms with Gasteiger partial charge in [0.05, 0.1) is 0 Å². The number of hydrogen-bond acceptors (Lipinski definition) is 3. The molecule has 11 heteroatoms. The standard InChI is InChI=1S/C21H12F6NO2S.In/c22-20(23,24)15-9-8-13(16(11-15)21(25,26)27)6-7-14(12-4-2-1-3-5-12)10-17-18(29)28-19(30)31-17;/h1-4,8-11,17H,6H2,(H,28,29,30);. The topological polar surface area (TPSA) is 46.2 Å². The van der Waals surface area contributed by atoms with Crippen LogP contribution in [0.2, 0.25) is 3.67 Å². The summed E-state index contributed by atoms with van der Waals surface area (Å²) in [6, 6.07) is 9.16. The van der Waals surface area contributed by atoms with Crippen LogP contribution in [0.25, 0.3) is 5.57 Å². The van der Waals surface area contributed by atoms with E-state index in [1.807, 2.05) is 18.2 Å². The van der Waals surface area contributed by atoms with Gasteiger partial charge in [0, 0.05) is 0 Å². The van der Waals surface area contributed by atoms with Crippen LogP contribution < -0.4 is 8.64 Å². The van der Waals surface area contributed by atoms with E-state index in [1.165, 1.54) is 0 Å². The summed E-state index contributed by atoms with van der Waals surface area (Å²) in [6.07, 6.45) is -9.91. The third-order valence-corrected chi connectivity index (χ3v) is 19.1. The minimum atomic E-state index is -4.93. The molecule has 6 rings (SSSR count). The molecule has 32 heavy (non-hydrogen) atoms. The summed E-state index contributed by atoms with van der Waals surface area (Å²) in [5.74, 6) is -0.387. The number of carbonyl (C=O) groups excluding carboxylic acids is 2. The number of alkyl halides is 6. The van der Waals surface area contributed by atoms with Crippen molar-refractivity contribution in [3.63, 3.8) is 0 Å². The van der Waals surface area contributed by atoms with Crippen LogP contribution in [0.3, 0.4) is 0 Å². The van der Waals surface area contributed by atoms with Crippen LogP contribution in [0.15, 0.2) is 45.8 Å². The Hall–Kier alpha value is -1.88. The number of hydrogen-bond donors (Lipinski definition) is 1. The Balaban J connectivity index is 1.56. The number of benzene rings is 2. The maximum atomic E-state index is 13.6. The number of carbonyl (C=O) groups is 2. The first-order valence-corrected chi connectivity index (χ1v) is 15.7. The zero-order valence-electron chi connectivity index (χ0n) is 16.0. The quantitative estimate of drug-likeness (QED) is 0.544. The van der Waals surface area contributed by atoms with Gasteiger partial charge in [0.2, 0.25) is 0 Å². The van der Waals surface area contributed by atoms with Gasteiger partial charge in [-0.05, 0) is 0 Å². The molecule has 0 radical (unpaired) electrons. The van der Waals surface area contributed by atoms with Crippen LogP contribution in [0.4, 0.5) is 31.1 Å². The van der Waals surface area contributed by atoms with Crippen molar-refractivity contribution < 1.29 is 35.9 Å². The van der Waals surface area contributed by atoms with Crippen molar-refractivity contribution in [1.82, 2.24) is 5.32 Å². The zero-order chi connectivity index (χ0) is 23.0. The van der Waals surface area contributed by atoms with Gasteiger partial charge in [0.1, 0.15) is 0 Å². The van der Waals surface area contributed by atoms with E-state index in [9.17, 15) is 35.9 Å². The third-order valence-electron chi connectivity index (χ3n) is 6.17. The molecule has 164 valence electrons. The van der Waals surface area contributed by atoms with Crippen LogP contribution in [0.1, 0.15) is 22.3 Å². The normalized spacial score (nSPS) is 22.2. The van der Waals surface area contributed by atoms with Gasteiger partial charge in [-0.2, -0.15) is 0 Å². The number of amides is 2. The van der Waals surface area contributed by atoms with Crippen LogP contribution in [0, 0.1) is 0 Å². The molecule has 4 aliphatic heterocycles. The van der Waals surface area contributed by atoms with Gasteiger partial charge in [-0.1, -0.05) is 0 Å². The summed E-state index contributed by atoms with van der Waals surface area (Å²) in [4.78, 5) is 24.0. The molecule has 4 heterocycles. The molecule has 0 spiro atoms. The van der Waals surface area contributed by atoms with Gasteiger partial charge >= 0.3 is 190 Å². The van der Waals surface area contributed by atoms with E-state index in [0.29, 0.717) is 6.07 Å². The Morgan fingerprint density at radius 3 is 2.28 bits per heavy atom. The summed E-state index contributed by atoms with van der Waals surface area (Å²) in [5, 5.41) is 1.23. The van der Waals surface area contributed by atoms with E-state index >= 15 is 0 Å². The van der Waals surface area contributed by atoms with Gasteiger partial charge in [-0.3, -0.25) is 0 Å². The van der Waals surface area contributed by atoms with Crippen molar-refractivity contribution in [1.29, 1.82) is 0 Å². The summed E-state index contributed by atoms with van der Waals surface area (Å²) in [6.45, 7) is 0. The van der Waals surface area contributed by atoms with Crippen molar-refractivity contribution in [3.8, 4) is 0 Å². The predicted molar refractivity (Wildman–Crippen MR) is 108 cm³/mol. The molecule has 2 bridgehead atoms. The van der Waals surface area contributed by atoms with Gasteiger partial charge < -0.3 is 0 Å². The Labute approximate surface area is 189 Å². The second-order valence-corrected chi connectivity index (χ2v) is 17.5. The van der Waals surface area contributed by atoms with Gasteiger partial charge in [-0.25, -0.2) is 0 Å². The Morgan fingerprint density at radius 2 is 1.69 bits per heavy atom. The molecule has 2 aromatic rings. The van der Waals surface area contributed by atoms with Crippen LogP contribution >= 0.6 is 11.8 Å². The fourth-order valence-corrected chi connectivity index (χ4v) is 19.4. The van der Waals surface area contributed by atoms with E-state index in [1.54, 1.807) is 6.07 Å². The first-order chi connectivity index (χ1) is 15.0. The van der Waals surface area contributed by atoms with Crippen molar-refractivity contribution in [2.75, 3.05) is 0 Å². The Kier molecular flexibility index (Phi) is 5.01. The molecule has 1 fully saturated rings. The zero-order valence-corrected chi connectivity index (χ0v) is 20.1. The molecule has 4 aliphatic rings. The van der Waals surface area contributed by atoms with Gasteiger partial charge in [-0.15, -0.1) is 0 Å². The fraction of sp³-hybridized carbons (Fsp3) is 0.238. The second-order valence-electron chi connectivity index (χ2n) is 7.89. The van der Waals surface area contributed by atoms with Crippen molar-refractivity contribution in [2.45, 2.75) is 27.7 Å². The van der Waals surface area contributed by atoms with Crippen molar-refractivity contribution in [3.05, 3.63) is 68.0 Å². The molecular weight excluding hydrogens is 559 g/mol. The Morgan fingerprint density at radius 1 is 0.969 bits per heavy atom. The number of halogens is 6. The van der Waals surface area contributed by atoms with E-state index < -0.39 is 55.4 Å². The summed E-state index contributed by atoms with van der Waals surface area (Å²) >= 11 is -2.06.